The van der Waals surface area contributed by atoms with Crippen LogP contribution in [0.1, 0.15) is 19.3 Å². The van der Waals surface area contributed by atoms with E-state index in [0.29, 0.717) is 35.4 Å². The van der Waals surface area contributed by atoms with E-state index >= 15 is 0 Å². The normalized spacial score (nSPS) is 13.9. The first-order valence-corrected chi connectivity index (χ1v) is 10.4. The van der Waals surface area contributed by atoms with Gasteiger partial charge in [0, 0.05) is 30.6 Å². The molecule has 0 unspecified atom stereocenters. The van der Waals surface area contributed by atoms with Crippen LogP contribution >= 0.6 is 11.6 Å². The number of carbonyl (C=O) groups excluding carboxylic acids is 1. The third-order valence-corrected chi connectivity index (χ3v) is 5.65. The highest BCUT2D eigenvalue weighted by Crippen LogP contribution is 2.27. The predicted molar refractivity (Wildman–Crippen MR) is 112 cm³/mol. The number of fused-ring (bicyclic) bond motifs is 1. The van der Waals surface area contributed by atoms with E-state index in [1.165, 1.54) is 18.2 Å². The molecule has 1 saturated heterocycles. The van der Waals surface area contributed by atoms with Gasteiger partial charge in [-0.25, -0.2) is 9.07 Å². The fourth-order valence-corrected chi connectivity index (χ4v) is 3.87. The summed E-state index contributed by atoms with van der Waals surface area (Å²) < 4.78 is 20.4. The van der Waals surface area contributed by atoms with Gasteiger partial charge in [-0.1, -0.05) is 22.0 Å². The SMILES string of the molecule is O=C(CCn1nnc2cc(-c3noc(-c4ccc(F)c(Cl)c4)n3)ccc21)N1CCCC1. The lowest BCUT2D eigenvalue weighted by molar-refractivity contribution is -0.130. The van der Waals surface area contributed by atoms with Crippen molar-refractivity contribution in [2.45, 2.75) is 25.8 Å². The maximum atomic E-state index is 13.4. The number of hydrogen-bond donors (Lipinski definition) is 0. The maximum Gasteiger partial charge on any atom is 0.258 e. The van der Waals surface area contributed by atoms with Crippen LogP contribution in [0, 0.1) is 5.82 Å². The van der Waals surface area contributed by atoms with Crippen LogP contribution in [0.4, 0.5) is 4.39 Å². The molecule has 5 rings (SSSR count). The van der Waals surface area contributed by atoms with E-state index in [0.717, 1.165) is 31.4 Å². The van der Waals surface area contributed by atoms with Gasteiger partial charge in [0.1, 0.15) is 11.3 Å². The van der Waals surface area contributed by atoms with Crippen molar-refractivity contribution >= 4 is 28.5 Å². The van der Waals surface area contributed by atoms with Gasteiger partial charge in [0.05, 0.1) is 17.1 Å². The second-order valence-corrected chi connectivity index (χ2v) is 7.81. The van der Waals surface area contributed by atoms with Gasteiger partial charge in [0.25, 0.3) is 5.89 Å². The molecule has 0 N–H and O–H groups in total. The standard InChI is InChI=1S/C21H18ClFN6O2/c22-15-11-14(3-5-16(15)23)21-24-20(26-31-21)13-4-6-18-17(12-13)25-27-29(18)10-7-19(30)28-8-1-2-9-28/h3-6,11-12H,1-2,7-10H2. The van der Waals surface area contributed by atoms with E-state index in [2.05, 4.69) is 20.5 Å². The summed E-state index contributed by atoms with van der Waals surface area (Å²) in [4.78, 5) is 18.6. The molecule has 0 atom stereocenters. The molecule has 1 aliphatic heterocycles. The van der Waals surface area contributed by atoms with E-state index in [1.807, 2.05) is 23.1 Å². The van der Waals surface area contributed by atoms with Gasteiger partial charge in [-0.3, -0.25) is 4.79 Å². The molecule has 1 aliphatic rings. The molecule has 10 heteroatoms. The van der Waals surface area contributed by atoms with E-state index in [-0.39, 0.29) is 16.8 Å². The largest absolute Gasteiger partial charge is 0.343 e. The lowest BCUT2D eigenvalue weighted by atomic mass is 10.2. The molecule has 8 nitrogen and oxygen atoms in total. The molecule has 2 aromatic heterocycles. The molecule has 0 spiro atoms. The van der Waals surface area contributed by atoms with Crippen molar-refractivity contribution in [2.75, 3.05) is 13.1 Å². The Bertz CT molecular complexity index is 1260. The minimum absolute atomic E-state index is 0.0153. The van der Waals surface area contributed by atoms with Crippen molar-refractivity contribution < 1.29 is 13.7 Å². The van der Waals surface area contributed by atoms with Crippen LogP contribution in [-0.2, 0) is 11.3 Å². The van der Waals surface area contributed by atoms with E-state index < -0.39 is 5.82 Å². The first kappa shape index (κ1) is 19.6. The number of carbonyl (C=O) groups is 1. The van der Waals surface area contributed by atoms with E-state index in [9.17, 15) is 9.18 Å². The van der Waals surface area contributed by atoms with Crippen molar-refractivity contribution in [3.05, 3.63) is 47.2 Å². The van der Waals surface area contributed by atoms with Gasteiger partial charge in [0.15, 0.2) is 0 Å². The summed E-state index contributed by atoms with van der Waals surface area (Å²) in [5.41, 5.74) is 2.73. The minimum atomic E-state index is -0.513. The van der Waals surface area contributed by atoms with Crippen LogP contribution in [-0.4, -0.2) is 49.0 Å². The number of benzene rings is 2. The molecule has 0 radical (unpaired) electrons. The van der Waals surface area contributed by atoms with Crippen LogP contribution in [0.15, 0.2) is 40.9 Å². The minimum Gasteiger partial charge on any atom is -0.343 e. The van der Waals surface area contributed by atoms with Gasteiger partial charge < -0.3 is 9.42 Å². The molecule has 0 aliphatic carbocycles. The molecule has 0 bridgehead atoms. The fraction of sp³-hybridized carbons (Fsp3) is 0.286. The molecular formula is C21H18ClFN6O2. The van der Waals surface area contributed by atoms with Crippen LogP contribution < -0.4 is 0 Å². The highest BCUT2D eigenvalue weighted by molar-refractivity contribution is 6.31. The Hall–Kier alpha value is -3.33. The zero-order valence-corrected chi connectivity index (χ0v) is 17.2. The Kier molecular flexibility index (Phi) is 5.11. The molecular weight excluding hydrogens is 423 g/mol. The molecule has 31 heavy (non-hydrogen) atoms. The smallest absolute Gasteiger partial charge is 0.258 e. The maximum absolute atomic E-state index is 13.4. The number of nitrogens with zero attached hydrogens (tertiary/aromatic N) is 6. The number of rotatable bonds is 5. The number of aromatic nitrogens is 5. The van der Waals surface area contributed by atoms with Crippen molar-refractivity contribution in [3.63, 3.8) is 0 Å². The number of halogens is 2. The predicted octanol–water partition coefficient (Wildman–Crippen LogP) is 3.95. The van der Waals surface area contributed by atoms with Gasteiger partial charge in [-0.15, -0.1) is 5.10 Å². The quantitative estimate of drug-likeness (QED) is 0.466. The van der Waals surface area contributed by atoms with Crippen molar-refractivity contribution in [3.8, 4) is 22.8 Å². The summed E-state index contributed by atoms with van der Waals surface area (Å²) in [6.45, 7) is 2.16. The van der Waals surface area contributed by atoms with E-state index in [4.69, 9.17) is 16.1 Å². The monoisotopic (exact) mass is 440 g/mol. The van der Waals surface area contributed by atoms with E-state index in [1.54, 1.807) is 4.68 Å². The first-order valence-electron chi connectivity index (χ1n) is 9.99. The Labute approximate surface area is 181 Å². The number of amides is 1. The molecule has 1 amide bonds. The Balaban J connectivity index is 1.34. The van der Waals surface area contributed by atoms with Crippen molar-refractivity contribution in [1.82, 2.24) is 30.0 Å². The Morgan fingerprint density at radius 3 is 2.74 bits per heavy atom. The number of likely N-dealkylation sites (tertiary alicyclic amines) is 1. The summed E-state index contributed by atoms with van der Waals surface area (Å²) in [6.07, 6.45) is 2.55. The first-order chi connectivity index (χ1) is 15.1. The van der Waals surface area contributed by atoms with Gasteiger partial charge in [-0.2, -0.15) is 4.98 Å². The van der Waals surface area contributed by atoms with Crippen LogP contribution in [0.2, 0.25) is 5.02 Å². The highest BCUT2D eigenvalue weighted by Gasteiger charge is 2.18. The summed E-state index contributed by atoms with van der Waals surface area (Å²) in [6, 6.07) is 9.74. The lowest BCUT2D eigenvalue weighted by Gasteiger charge is -2.14. The second kappa shape index (κ2) is 8.07. The Morgan fingerprint density at radius 2 is 1.94 bits per heavy atom. The van der Waals surface area contributed by atoms with Crippen molar-refractivity contribution in [1.29, 1.82) is 0 Å². The van der Waals surface area contributed by atoms with Gasteiger partial charge in [-0.05, 0) is 49.2 Å². The topological polar surface area (TPSA) is 89.9 Å². The zero-order valence-electron chi connectivity index (χ0n) is 16.5. The van der Waals surface area contributed by atoms with Gasteiger partial charge >= 0.3 is 0 Å². The fourth-order valence-electron chi connectivity index (χ4n) is 3.69. The zero-order chi connectivity index (χ0) is 21.4. The summed E-state index contributed by atoms with van der Waals surface area (Å²) in [7, 11) is 0. The summed E-state index contributed by atoms with van der Waals surface area (Å²) in [5.74, 6) is 0.246. The number of hydrogen-bond acceptors (Lipinski definition) is 6. The lowest BCUT2D eigenvalue weighted by Crippen LogP contribution is -2.28. The molecule has 0 saturated carbocycles. The molecule has 3 heterocycles. The van der Waals surface area contributed by atoms with Crippen LogP contribution in [0.3, 0.4) is 0 Å². The molecule has 158 valence electrons. The average molecular weight is 441 g/mol. The van der Waals surface area contributed by atoms with Crippen LogP contribution in [0.25, 0.3) is 33.9 Å². The number of aryl methyl sites for hydroxylation is 1. The highest BCUT2D eigenvalue weighted by atomic mass is 35.5. The third-order valence-electron chi connectivity index (χ3n) is 5.36. The summed E-state index contributed by atoms with van der Waals surface area (Å²) >= 11 is 5.83. The van der Waals surface area contributed by atoms with Gasteiger partial charge in [0.2, 0.25) is 11.7 Å². The molecule has 1 fully saturated rings. The van der Waals surface area contributed by atoms with Crippen LogP contribution in [0.5, 0.6) is 0 Å². The molecule has 2 aromatic carbocycles. The average Bonchev–Trinajstić information content (AvgIpc) is 3.54. The Morgan fingerprint density at radius 1 is 1.13 bits per heavy atom. The second-order valence-electron chi connectivity index (χ2n) is 7.41. The molecule has 4 aromatic rings. The van der Waals surface area contributed by atoms with Crippen molar-refractivity contribution in [2.24, 2.45) is 0 Å². The summed E-state index contributed by atoms with van der Waals surface area (Å²) in [5, 5.41) is 12.4. The third kappa shape index (κ3) is 3.88.